The highest BCUT2D eigenvalue weighted by Gasteiger charge is 2.23. The molecule has 0 spiro atoms. The van der Waals surface area contributed by atoms with Crippen LogP contribution in [0.4, 0.5) is 0 Å². The van der Waals surface area contributed by atoms with Crippen molar-refractivity contribution in [3.05, 3.63) is 0 Å². The molecule has 1 aliphatic rings. The number of hydroxylamine groups is 1. The van der Waals surface area contributed by atoms with Crippen molar-refractivity contribution >= 4 is 5.84 Å². The highest BCUT2D eigenvalue weighted by atomic mass is 16.7. The van der Waals surface area contributed by atoms with Gasteiger partial charge in [-0.15, -0.1) is 0 Å². The van der Waals surface area contributed by atoms with Gasteiger partial charge >= 0.3 is 0 Å². The van der Waals surface area contributed by atoms with E-state index in [0.29, 0.717) is 5.84 Å². The summed E-state index contributed by atoms with van der Waals surface area (Å²) in [5.41, 5.74) is 2.57. The van der Waals surface area contributed by atoms with Crippen LogP contribution in [-0.2, 0) is 4.84 Å². The van der Waals surface area contributed by atoms with Crippen LogP contribution in [0.3, 0.4) is 0 Å². The summed E-state index contributed by atoms with van der Waals surface area (Å²) < 4.78 is 0. The lowest BCUT2D eigenvalue weighted by molar-refractivity contribution is -0.142. The Hall–Kier alpha value is -0.650. The molecule has 1 rings (SSSR count). The predicted octanol–water partition coefficient (Wildman–Crippen LogP) is -0.374. The second-order valence-corrected chi connectivity index (χ2v) is 3.12. The molecule has 1 heterocycles. The summed E-state index contributed by atoms with van der Waals surface area (Å²) in [6.07, 6.45) is 1.23. The SMILES string of the molecule is CN=C(C)NOC(O)C1CCCN1. The minimum absolute atomic E-state index is 0.0390. The van der Waals surface area contributed by atoms with Crippen LogP contribution < -0.4 is 10.8 Å². The standard InChI is InChI=1S/C8H17N3O2/c1-6(9-2)11-13-8(12)7-4-3-5-10-7/h7-8,10,12H,3-5H2,1-2H3,(H,9,11). The van der Waals surface area contributed by atoms with Crippen molar-refractivity contribution < 1.29 is 9.94 Å². The first-order valence-electron chi connectivity index (χ1n) is 4.50. The number of amidine groups is 1. The molecule has 5 heteroatoms. The van der Waals surface area contributed by atoms with Crippen molar-refractivity contribution in [2.75, 3.05) is 13.6 Å². The first-order chi connectivity index (χ1) is 6.24. The van der Waals surface area contributed by atoms with Gasteiger partial charge < -0.3 is 10.4 Å². The molecule has 0 saturated carbocycles. The van der Waals surface area contributed by atoms with Gasteiger partial charge in [-0.2, -0.15) is 0 Å². The van der Waals surface area contributed by atoms with Crippen LogP contribution in [0.5, 0.6) is 0 Å². The minimum Gasteiger partial charge on any atom is -0.365 e. The molecule has 13 heavy (non-hydrogen) atoms. The summed E-state index contributed by atoms with van der Waals surface area (Å²) in [6, 6.07) is 0.0390. The molecule has 0 aromatic rings. The van der Waals surface area contributed by atoms with Crippen molar-refractivity contribution in [2.45, 2.75) is 32.1 Å². The van der Waals surface area contributed by atoms with Crippen molar-refractivity contribution in [1.29, 1.82) is 0 Å². The van der Waals surface area contributed by atoms with Crippen LogP contribution in [0.2, 0.25) is 0 Å². The van der Waals surface area contributed by atoms with Crippen LogP contribution in [0.15, 0.2) is 4.99 Å². The Morgan fingerprint density at radius 3 is 3.08 bits per heavy atom. The van der Waals surface area contributed by atoms with E-state index in [9.17, 15) is 5.11 Å². The lowest BCUT2D eigenvalue weighted by Gasteiger charge is -2.18. The van der Waals surface area contributed by atoms with E-state index < -0.39 is 6.29 Å². The minimum atomic E-state index is -0.806. The summed E-state index contributed by atoms with van der Waals surface area (Å²) in [7, 11) is 1.66. The van der Waals surface area contributed by atoms with Crippen LogP contribution in [0, 0.1) is 0 Å². The number of rotatable bonds is 3. The van der Waals surface area contributed by atoms with E-state index in [1.165, 1.54) is 0 Å². The zero-order valence-corrected chi connectivity index (χ0v) is 8.08. The molecule has 0 aromatic carbocycles. The maximum absolute atomic E-state index is 9.49. The first kappa shape index (κ1) is 10.4. The molecule has 0 aromatic heterocycles. The molecule has 5 nitrogen and oxygen atoms in total. The summed E-state index contributed by atoms with van der Waals surface area (Å²) in [5.74, 6) is 0.650. The Morgan fingerprint density at radius 1 is 1.77 bits per heavy atom. The van der Waals surface area contributed by atoms with Gasteiger partial charge in [0.25, 0.3) is 0 Å². The third-order valence-electron chi connectivity index (χ3n) is 2.11. The van der Waals surface area contributed by atoms with E-state index in [4.69, 9.17) is 4.84 Å². The first-order valence-corrected chi connectivity index (χ1v) is 4.50. The third kappa shape index (κ3) is 3.30. The molecule has 3 N–H and O–H groups in total. The van der Waals surface area contributed by atoms with Crippen molar-refractivity contribution in [1.82, 2.24) is 10.8 Å². The number of aliphatic imine (C=N–C) groups is 1. The summed E-state index contributed by atoms with van der Waals surface area (Å²) >= 11 is 0. The van der Waals surface area contributed by atoms with E-state index >= 15 is 0 Å². The fraction of sp³-hybridized carbons (Fsp3) is 0.875. The molecule has 2 atom stereocenters. The number of aliphatic hydroxyl groups is 1. The number of hydrogen-bond acceptors (Lipinski definition) is 4. The van der Waals surface area contributed by atoms with Gasteiger partial charge in [0.15, 0.2) is 6.29 Å². The molecular weight excluding hydrogens is 170 g/mol. The second kappa shape index (κ2) is 5.16. The van der Waals surface area contributed by atoms with E-state index in [1.54, 1.807) is 14.0 Å². The van der Waals surface area contributed by atoms with Crippen LogP contribution in [0.1, 0.15) is 19.8 Å². The topological polar surface area (TPSA) is 65.9 Å². The van der Waals surface area contributed by atoms with Crippen LogP contribution in [0.25, 0.3) is 0 Å². The van der Waals surface area contributed by atoms with Crippen molar-refractivity contribution in [3.63, 3.8) is 0 Å². The molecule has 1 saturated heterocycles. The molecule has 0 bridgehead atoms. The van der Waals surface area contributed by atoms with Gasteiger partial charge in [0.2, 0.25) is 0 Å². The summed E-state index contributed by atoms with van der Waals surface area (Å²) in [6.45, 7) is 2.72. The van der Waals surface area contributed by atoms with Gasteiger partial charge in [0.1, 0.15) is 5.84 Å². The van der Waals surface area contributed by atoms with E-state index in [1.807, 2.05) is 0 Å². The Kier molecular flexibility index (Phi) is 4.14. The molecule has 0 aliphatic carbocycles. The highest BCUT2D eigenvalue weighted by molar-refractivity contribution is 5.78. The van der Waals surface area contributed by atoms with E-state index in [0.717, 1.165) is 19.4 Å². The van der Waals surface area contributed by atoms with E-state index in [-0.39, 0.29) is 6.04 Å². The van der Waals surface area contributed by atoms with Crippen LogP contribution >= 0.6 is 0 Å². The average molecular weight is 187 g/mol. The Morgan fingerprint density at radius 2 is 2.54 bits per heavy atom. The lowest BCUT2D eigenvalue weighted by atomic mass is 10.2. The van der Waals surface area contributed by atoms with Gasteiger partial charge in [0, 0.05) is 7.05 Å². The van der Waals surface area contributed by atoms with Gasteiger partial charge in [-0.05, 0) is 26.3 Å². The molecule has 2 unspecified atom stereocenters. The maximum Gasteiger partial charge on any atom is 0.196 e. The fourth-order valence-corrected chi connectivity index (χ4v) is 1.23. The highest BCUT2D eigenvalue weighted by Crippen LogP contribution is 2.08. The number of aliphatic hydroxyl groups excluding tert-OH is 1. The quantitative estimate of drug-likeness (QED) is 0.244. The van der Waals surface area contributed by atoms with Gasteiger partial charge in [-0.3, -0.25) is 10.5 Å². The Balaban J connectivity index is 2.20. The number of hydrogen-bond donors (Lipinski definition) is 3. The summed E-state index contributed by atoms with van der Waals surface area (Å²) in [5, 5.41) is 12.6. The molecule has 0 amide bonds. The number of nitrogens with zero attached hydrogens (tertiary/aromatic N) is 1. The number of nitrogens with one attached hydrogen (secondary N) is 2. The zero-order chi connectivity index (χ0) is 9.68. The predicted molar refractivity (Wildman–Crippen MR) is 50.3 cm³/mol. The lowest BCUT2D eigenvalue weighted by Crippen LogP contribution is -2.40. The average Bonchev–Trinajstić information content (AvgIpc) is 2.66. The molecular formula is C8H17N3O2. The third-order valence-corrected chi connectivity index (χ3v) is 2.11. The smallest absolute Gasteiger partial charge is 0.196 e. The molecule has 76 valence electrons. The van der Waals surface area contributed by atoms with Crippen LogP contribution in [-0.4, -0.2) is 36.9 Å². The zero-order valence-electron chi connectivity index (χ0n) is 8.08. The second-order valence-electron chi connectivity index (χ2n) is 3.12. The van der Waals surface area contributed by atoms with Gasteiger partial charge in [0.05, 0.1) is 6.04 Å². The van der Waals surface area contributed by atoms with Crippen molar-refractivity contribution in [2.24, 2.45) is 4.99 Å². The maximum atomic E-state index is 9.49. The fourth-order valence-electron chi connectivity index (χ4n) is 1.23. The largest absolute Gasteiger partial charge is 0.365 e. The van der Waals surface area contributed by atoms with Gasteiger partial charge in [-0.1, -0.05) is 0 Å². The monoisotopic (exact) mass is 187 g/mol. The Labute approximate surface area is 78.1 Å². The Bertz CT molecular complexity index is 178. The molecule has 0 radical (unpaired) electrons. The molecule has 1 fully saturated rings. The summed E-state index contributed by atoms with van der Waals surface area (Å²) in [4.78, 5) is 8.83. The van der Waals surface area contributed by atoms with E-state index in [2.05, 4.69) is 15.8 Å². The van der Waals surface area contributed by atoms with Crippen molar-refractivity contribution in [3.8, 4) is 0 Å². The van der Waals surface area contributed by atoms with Gasteiger partial charge in [-0.25, -0.2) is 4.84 Å². The molecule has 1 aliphatic heterocycles. The normalized spacial score (nSPS) is 26.1.